The lowest BCUT2D eigenvalue weighted by Crippen LogP contribution is -2.15. The van der Waals surface area contributed by atoms with Crippen LogP contribution >= 0.6 is 22.6 Å². The molecule has 2 aromatic rings. The molecule has 0 saturated heterocycles. The van der Waals surface area contributed by atoms with Crippen LogP contribution in [0.1, 0.15) is 11.1 Å². The van der Waals surface area contributed by atoms with Crippen LogP contribution in [0.25, 0.3) is 0 Å². The fourth-order valence-electron chi connectivity index (χ4n) is 1.98. The first kappa shape index (κ1) is 16.1. The Bertz CT molecular complexity index is 752. The van der Waals surface area contributed by atoms with Crippen molar-refractivity contribution in [3.8, 4) is 5.75 Å². The van der Waals surface area contributed by atoms with Gasteiger partial charge in [-0.05, 0) is 65.8 Å². The maximum atomic E-state index is 12.5. The van der Waals surface area contributed by atoms with Crippen molar-refractivity contribution in [1.29, 1.82) is 0 Å². The van der Waals surface area contributed by atoms with Crippen LogP contribution in [0.5, 0.6) is 5.75 Å². The lowest BCUT2D eigenvalue weighted by molar-refractivity contribution is 0.411. The lowest BCUT2D eigenvalue weighted by Gasteiger charge is -2.14. The monoisotopic (exact) mass is 417 g/mol. The average molecular weight is 417 g/mol. The summed E-state index contributed by atoms with van der Waals surface area (Å²) in [5, 5.41) is 0. The first-order valence-corrected chi connectivity index (χ1v) is 8.84. The molecule has 0 atom stereocenters. The van der Waals surface area contributed by atoms with Gasteiger partial charge in [0.15, 0.2) is 0 Å². The molecule has 0 bridgehead atoms. The van der Waals surface area contributed by atoms with Gasteiger partial charge in [-0.3, -0.25) is 4.72 Å². The maximum Gasteiger partial charge on any atom is 0.261 e. The van der Waals surface area contributed by atoms with Crippen molar-refractivity contribution in [1.82, 2.24) is 0 Å². The van der Waals surface area contributed by atoms with Gasteiger partial charge >= 0.3 is 0 Å². The number of anilines is 1. The first-order valence-electron chi connectivity index (χ1n) is 6.27. The number of nitrogens with one attached hydrogen (secondary N) is 1. The van der Waals surface area contributed by atoms with Gasteiger partial charge in [-0.25, -0.2) is 8.42 Å². The predicted octanol–water partition coefficient (Wildman–Crippen LogP) is 3.72. The molecule has 0 aliphatic rings. The summed E-state index contributed by atoms with van der Waals surface area (Å²) in [5.74, 6) is 0.654. The van der Waals surface area contributed by atoms with Crippen LogP contribution in [0.2, 0.25) is 0 Å². The van der Waals surface area contributed by atoms with Crippen molar-refractivity contribution in [3.05, 3.63) is 51.1 Å². The third kappa shape index (κ3) is 3.49. The molecule has 2 rings (SSSR count). The molecule has 0 aliphatic heterocycles. The van der Waals surface area contributed by atoms with E-state index in [2.05, 4.69) is 27.3 Å². The number of ether oxygens (including phenoxy) is 1. The zero-order valence-corrected chi connectivity index (χ0v) is 14.9. The Hall–Kier alpha value is -1.28. The minimum Gasteiger partial charge on any atom is -0.496 e. The molecule has 112 valence electrons. The molecule has 6 heteroatoms. The Balaban J connectivity index is 2.41. The summed E-state index contributed by atoms with van der Waals surface area (Å²) in [4.78, 5) is 0.218. The molecular formula is C15H16INO3S. The zero-order valence-electron chi connectivity index (χ0n) is 12.0. The smallest absolute Gasteiger partial charge is 0.261 e. The maximum absolute atomic E-state index is 12.5. The standard InChI is InChI=1S/C15H16INO3S/c1-10-5-4-6-11(2)15(10)17-21(18,19)12-7-8-14(20-3)13(16)9-12/h4-9,17H,1-3H3. The highest BCUT2D eigenvalue weighted by Gasteiger charge is 2.17. The highest BCUT2D eigenvalue weighted by molar-refractivity contribution is 14.1. The Morgan fingerprint density at radius 2 is 1.71 bits per heavy atom. The number of sulfonamides is 1. The van der Waals surface area contributed by atoms with E-state index in [1.54, 1.807) is 19.2 Å². The molecule has 2 aromatic carbocycles. The minimum atomic E-state index is -3.62. The third-order valence-electron chi connectivity index (χ3n) is 3.15. The third-order valence-corrected chi connectivity index (χ3v) is 5.34. The van der Waals surface area contributed by atoms with E-state index in [0.29, 0.717) is 11.4 Å². The second-order valence-electron chi connectivity index (χ2n) is 4.67. The average Bonchev–Trinajstić information content (AvgIpc) is 2.43. The first-order chi connectivity index (χ1) is 9.85. The highest BCUT2D eigenvalue weighted by atomic mass is 127. The van der Waals surface area contributed by atoms with Gasteiger partial charge in [-0.1, -0.05) is 18.2 Å². The summed E-state index contributed by atoms with van der Waals surface area (Å²) in [5.41, 5.74) is 2.41. The molecule has 0 spiro atoms. The zero-order chi connectivity index (χ0) is 15.6. The molecule has 0 aliphatic carbocycles. The molecule has 1 N–H and O–H groups in total. The number of hydrogen-bond acceptors (Lipinski definition) is 3. The van der Waals surface area contributed by atoms with Crippen molar-refractivity contribution in [2.45, 2.75) is 18.7 Å². The van der Waals surface area contributed by atoms with Gasteiger partial charge in [0.2, 0.25) is 0 Å². The predicted molar refractivity (Wildman–Crippen MR) is 92.4 cm³/mol. The summed E-state index contributed by atoms with van der Waals surface area (Å²) >= 11 is 2.05. The molecule has 0 heterocycles. The SMILES string of the molecule is COc1ccc(S(=O)(=O)Nc2c(C)cccc2C)cc1I. The molecule has 0 fully saturated rings. The van der Waals surface area contributed by atoms with Gasteiger partial charge in [0, 0.05) is 0 Å². The summed E-state index contributed by atoms with van der Waals surface area (Å²) in [6.45, 7) is 3.76. The Labute approximate surface area is 138 Å². The molecule has 4 nitrogen and oxygen atoms in total. The van der Waals surface area contributed by atoms with E-state index >= 15 is 0 Å². The molecule has 0 aromatic heterocycles. The van der Waals surface area contributed by atoms with E-state index in [-0.39, 0.29) is 4.90 Å². The van der Waals surface area contributed by atoms with E-state index in [9.17, 15) is 8.42 Å². The quantitative estimate of drug-likeness (QED) is 0.772. The molecule has 0 saturated carbocycles. The van der Waals surface area contributed by atoms with E-state index in [1.165, 1.54) is 6.07 Å². The summed E-state index contributed by atoms with van der Waals surface area (Å²) < 4.78 is 33.6. The number of para-hydroxylation sites is 1. The Morgan fingerprint density at radius 3 is 2.24 bits per heavy atom. The Morgan fingerprint density at radius 1 is 1.10 bits per heavy atom. The van der Waals surface area contributed by atoms with Crippen molar-refractivity contribution < 1.29 is 13.2 Å². The molecule has 0 radical (unpaired) electrons. The van der Waals surface area contributed by atoms with Crippen LogP contribution in [0.15, 0.2) is 41.3 Å². The molecule has 21 heavy (non-hydrogen) atoms. The Kier molecular flexibility index (Phi) is 4.77. The highest BCUT2D eigenvalue weighted by Crippen LogP contribution is 2.27. The van der Waals surface area contributed by atoms with Gasteiger partial charge in [0.1, 0.15) is 5.75 Å². The number of hydrogen-bond donors (Lipinski definition) is 1. The number of aryl methyl sites for hydroxylation is 2. The second-order valence-corrected chi connectivity index (χ2v) is 7.51. The minimum absolute atomic E-state index is 0.218. The van der Waals surface area contributed by atoms with E-state index in [4.69, 9.17) is 4.74 Å². The topological polar surface area (TPSA) is 55.4 Å². The van der Waals surface area contributed by atoms with Crippen molar-refractivity contribution in [2.24, 2.45) is 0 Å². The van der Waals surface area contributed by atoms with Gasteiger partial charge in [-0.2, -0.15) is 0 Å². The van der Waals surface area contributed by atoms with E-state index in [1.807, 2.05) is 32.0 Å². The summed E-state index contributed by atoms with van der Waals surface area (Å²) in [6.07, 6.45) is 0. The van der Waals surface area contributed by atoms with Gasteiger partial charge in [0.05, 0.1) is 21.3 Å². The lowest BCUT2D eigenvalue weighted by atomic mass is 10.1. The second kappa shape index (κ2) is 6.23. The van der Waals surface area contributed by atoms with Gasteiger partial charge in [-0.15, -0.1) is 0 Å². The van der Waals surface area contributed by atoms with Gasteiger partial charge < -0.3 is 4.74 Å². The van der Waals surface area contributed by atoms with Gasteiger partial charge in [0.25, 0.3) is 10.0 Å². The van der Waals surface area contributed by atoms with Crippen LogP contribution in [0, 0.1) is 17.4 Å². The number of benzene rings is 2. The van der Waals surface area contributed by atoms with Crippen LogP contribution in [0.3, 0.4) is 0 Å². The molecule has 0 amide bonds. The van der Waals surface area contributed by atoms with Crippen LogP contribution < -0.4 is 9.46 Å². The van der Waals surface area contributed by atoms with Crippen molar-refractivity contribution in [2.75, 3.05) is 11.8 Å². The summed E-state index contributed by atoms with van der Waals surface area (Å²) in [7, 11) is -2.06. The number of halogens is 1. The van der Waals surface area contributed by atoms with Crippen LogP contribution in [0.4, 0.5) is 5.69 Å². The largest absolute Gasteiger partial charge is 0.496 e. The van der Waals surface area contributed by atoms with E-state index in [0.717, 1.165) is 14.7 Å². The van der Waals surface area contributed by atoms with Crippen molar-refractivity contribution in [3.63, 3.8) is 0 Å². The van der Waals surface area contributed by atoms with E-state index < -0.39 is 10.0 Å². The normalized spacial score (nSPS) is 11.2. The van der Waals surface area contributed by atoms with Crippen LogP contribution in [-0.4, -0.2) is 15.5 Å². The fraction of sp³-hybridized carbons (Fsp3) is 0.200. The van der Waals surface area contributed by atoms with Crippen LogP contribution in [-0.2, 0) is 10.0 Å². The number of methoxy groups -OCH3 is 1. The molecule has 0 unspecified atom stereocenters. The fourth-order valence-corrected chi connectivity index (χ4v) is 4.16. The summed E-state index contributed by atoms with van der Waals surface area (Å²) in [6, 6.07) is 10.4. The number of rotatable bonds is 4. The molecular weight excluding hydrogens is 401 g/mol. The van der Waals surface area contributed by atoms with Crippen molar-refractivity contribution >= 4 is 38.3 Å².